The summed E-state index contributed by atoms with van der Waals surface area (Å²) in [6.45, 7) is 0. The van der Waals surface area contributed by atoms with Crippen molar-refractivity contribution in [1.82, 2.24) is 10.2 Å². The highest BCUT2D eigenvalue weighted by Gasteiger charge is 2.24. The minimum Gasteiger partial charge on any atom is -0.353 e. The van der Waals surface area contributed by atoms with E-state index in [1.54, 1.807) is 0 Å². The molecule has 1 saturated carbocycles. The summed E-state index contributed by atoms with van der Waals surface area (Å²) in [5.41, 5.74) is 0. The van der Waals surface area contributed by atoms with Crippen molar-refractivity contribution in [3.05, 3.63) is 0 Å². The van der Waals surface area contributed by atoms with Gasteiger partial charge in [0.25, 0.3) is 0 Å². The molecule has 1 aliphatic rings. The Morgan fingerprint density at radius 3 is 2.47 bits per heavy atom. The zero-order chi connectivity index (χ0) is 10.6. The lowest BCUT2D eigenvalue weighted by atomic mass is 10.2. The van der Waals surface area contributed by atoms with E-state index >= 15 is 0 Å². The number of hydrogen-bond acceptors (Lipinski definition) is 2. The zero-order valence-corrected chi connectivity index (χ0v) is 13.1. The highest BCUT2D eigenvalue weighted by molar-refractivity contribution is 14.0. The highest BCUT2D eigenvalue weighted by Crippen LogP contribution is 2.28. The van der Waals surface area contributed by atoms with Crippen molar-refractivity contribution >= 4 is 41.7 Å². The molecular formula is C10H22IN3S. The summed E-state index contributed by atoms with van der Waals surface area (Å²) in [4.78, 5) is 6.26. The maximum Gasteiger partial charge on any atom is 0.193 e. The standard InChI is InChI=1S/C10H21N3S.HI/c1-11-10(13(2)3)12-8-5-6-9(7-8)14-4;/h8-9H,5-7H2,1-4H3,(H,11,12);1H. The molecule has 0 amide bonds. The van der Waals surface area contributed by atoms with Crippen LogP contribution in [0.3, 0.4) is 0 Å². The molecule has 0 radical (unpaired) electrons. The molecule has 0 aliphatic heterocycles. The average Bonchev–Trinajstić information content (AvgIpc) is 2.61. The number of guanidine groups is 1. The van der Waals surface area contributed by atoms with E-state index in [2.05, 4.69) is 16.6 Å². The van der Waals surface area contributed by atoms with Gasteiger partial charge in [-0.1, -0.05) is 0 Å². The van der Waals surface area contributed by atoms with Gasteiger partial charge in [-0.3, -0.25) is 4.99 Å². The van der Waals surface area contributed by atoms with Gasteiger partial charge in [0.05, 0.1) is 0 Å². The summed E-state index contributed by atoms with van der Waals surface area (Å²) < 4.78 is 0. The van der Waals surface area contributed by atoms with Crippen LogP contribution in [0.25, 0.3) is 0 Å². The van der Waals surface area contributed by atoms with E-state index in [1.165, 1.54) is 19.3 Å². The van der Waals surface area contributed by atoms with Crippen LogP contribution in [0.15, 0.2) is 4.99 Å². The van der Waals surface area contributed by atoms with Gasteiger partial charge in [-0.25, -0.2) is 0 Å². The molecule has 15 heavy (non-hydrogen) atoms. The lowest BCUT2D eigenvalue weighted by Gasteiger charge is -2.21. The molecule has 1 rings (SSSR count). The fraction of sp³-hybridized carbons (Fsp3) is 0.900. The molecule has 0 bridgehead atoms. The van der Waals surface area contributed by atoms with Crippen molar-refractivity contribution in [2.24, 2.45) is 4.99 Å². The number of nitrogens with zero attached hydrogens (tertiary/aromatic N) is 2. The first-order chi connectivity index (χ1) is 6.67. The zero-order valence-electron chi connectivity index (χ0n) is 9.99. The normalized spacial score (nSPS) is 26.0. The van der Waals surface area contributed by atoms with E-state index in [-0.39, 0.29) is 24.0 Å². The second-order valence-electron chi connectivity index (χ2n) is 3.95. The van der Waals surface area contributed by atoms with Gasteiger partial charge in [0.15, 0.2) is 5.96 Å². The number of hydrogen-bond donors (Lipinski definition) is 1. The number of nitrogens with one attached hydrogen (secondary N) is 1. The quantitative estimate of drug-likeness (QED) is 0.472. The molecule has 2 atom stereocenters. The Morgan fingerprint density at radius 1 is 1.40 bits per heavy atom. The third kappa shape index (κ3) is 4.80. The predicted octanol–water partition coefficient (Wildman–Crippen LogP) is 2.03. The lowest BCUT2D eigenvalue weighted by molar-refractivity contribution is 0.536. The number of halogens is 1. The first-order valence-electron chi connectivity index (χ1n) is 5.10. The van der Waals surface area contributed by atoms with Crippen LogP contribution in [0.1, 0.15) is 19.3 Å². The summed E-state index contributed by atoms with van der Waals surface area (Å²) in [6.07, 6.45) is 6.09. The minimum absolute atomic E-state index is 0. The summed E-state index contributed by atoms with van der Waals surface area (Å²) in [5, 5.41) is 4.33. The van der Waals surface area contributed by atoms with E-state index in [9.17, 15) is 0 Å². The summed E-state index contributed by atoms with van der Waals surface area (Å²) in [7, 11) is 5.88. The van der Waals surface area contributed by atoms with Crippen molar-refractivity contribution < 1.29 is 0 Å². The minimum atomic E-state index is 0. The fourth-order valence-corrected chi connectivity index (χ4v) is 2.66. The fourth-order valence-electron chi connectivity index (χ4n) is 1.86. The van der Waals surface area contributed by atoms with E-state index in [1.807, 2.05) is 37.8 Å². The predicted molar refractivity (Wildman–Crippen MR) is 80.5 cm³/mol. The average molecular weight is 343 g/mol. The topological polar surface area (TPSA) is 27.6 Å². The molecule has 5 heteroatoms. The van der Waals surface area contributed by atoms with Gasteiger partial charge in [-0.15, -0.1) is 24.0 Å². The van der Waals surface area contributed by atoms with Crippen LogP contribution in [0.2, 0.25) is 0 Å². The van der Waals surface area contributed by atoms with Crippen LogP contribution < -0.4 is 5.32 Å². The molecule has 90 valence electrons. The summed E-state index contributed by atoms with van der Waals surface area (Å²) in [6, 6.07) is 0.619. The van der Waals surface area contributed by atoms with Crippen LogP contribution in [-0.4, -0.2) is 49.6 Å². The Morgan fingerprint density at radius 2 is 2.07 bits per heavy atom. The van der Waals surface area contributed by atoms with E-state index in [0.29, 0.717) is 6.04 Å². The molecule has 3 nitrogen and oxygen atoms in total. The Balaban J connectivity index is 0.00000196. The third-order valence-corrected chi connectivity index (χ3v) is 3.78. The molecule has 0 aromatic rings. The second-order valence-corrected chi connectivity index (χ2v) is 5.09. The highest BCUT2D eigenvalue weighted by atomic mass is 127. The summed E-state index contributed by atoms with van der Waals surface area (Å²) in [5.74, 6) is 0.997. The molecule has 0 spiro atoms. The van der Waals surface area contributed by atoms with Crippen LogP contribution in [0, 0.1) is 0 Å². The maximum absolute atomic E-state index is 4.23. The number of thioether (sulfide) groups is 1. The first-order valence-corrected chi connectivity index (χ1v) is 6.39. The van der Waals surface area contributed by atoms with E-state index in [4.69, 9.17) is 0 Å². The smallest absolute Gasteiger partial charge is 0.193 e. The van der Waals surface area contributed by atoms with Gasteiger partial charge in [0, 0.05) is 32.4 Å². The molecule has 1 fully saturated rings. The number of rotatable bonds is 2. The molecule has 1 N–H and O–H groups in total. The molecule has 0 aromatic carbocycles. The van der Waals surface area contributed by atoms with Crippen LogP contribution in [-0.2, 0) is 0 Å². The van der Waals surface area contributed by atoms with Crippen molar-refractivity contribution in [1.29, 1.82) is 0 Å². The van der Waals surface area contributed by atoms with Gasteiger partial charge < -0.3 is 10.2 Å². The SMILES string of the molecule is CN=C(NC1CCC(SC)C1)N(C)C.I. The molecule has 0 saturated heterocycles. The number of aliphatic imine (C=N–C) groups is 1. The molecular weight excluding hydrogens is 321 g/mol. The Labute approximate surface area is 114 Å². The Kier molecular flexibility index (Phi) is 7.77. The van der Waals surface area contributed by atoms with Gasteiger partial charge in [-0.2, -0.15) is 11.8 Å². The lowest BCUT2D eigenvalue weighted by Crippen LogP contribution is -2.41. The van der Waals surface area contributed by atoms with Crippen molar-refractivity contribution in [2.45, 2.75) is 30.6 Å². The van der Waals surface area contributed by atoms with Crippen LogP contribution in [0.5, 0.6) is 0 Å². The first kappa shape index (κ1) is 15.3. The third-order valence-electron chi connectivity index (χ3n) is 2.69. The second kappa shape index (κ2) is 7.60. The van der Waals surface area contributed by atoms with Crippen molar-refractivity contribution in [3.63, 3.8) is 0 Å². The molecule has 1 aliphatic carbocycles. The molecule has 0 heterocycles. The van der Waals surface area contributed by atoms with Crippen LogP contribution >= 0.6 is 35.7 Å². The van der Waals surface area contributed by atoms with Gasteiger partial charge in [-0.05, 0) is 25.5 Å². The van der Waals surface area contributed by atoms with E-state index < -0.39 is 0 Å². The maximum atomic E-state index is 4.23. The largest absolute Gasteiger partial charge is 0.353 e. The van der Waals surface area contributed by atoms with E-state index in [0.717, 1.165) is 11.2 Å². The van der Waals surface area contributed by atoms with Crippen molar-refractivity contribution in [3.8, 4) is 0 Å². The monoisotopic (exact) mass is 343 g/mol. The van der Waals surface area contributed by atoms with Crippen molar-refractivity contribution in [2.75, 3.05) is 27.4 Å². The molecule has 2 unspecified atom stereocenters. The molecule has 0 aromatic heterocycles. The summed E-state index contributed by atoms with van der Waals surface area (Å²) >= 11 is 1.99. The van der Waals surface area contributed by atoms with Crippen LogP contribution in [0.4, 0.5) is 0 Å². The van der Waals surface area contributed by atoms with Gasteiger partial charge in [0.1, 0.15) is 0 Å². The van der Waals surface area contributed by atoms with Gasteiger partial charge in [0.2, 0.25) is 0 Å². The Hall–Kier alpha value is 0.350. The van der Waals surface area contributed by atoms with Gasteiger partial charge >= 0.3 is 0 Å². The Bertz CT molecular complexity index is 209.